The van der Waals surface area contributed by atoms with E-state index in [0.29, 0.717) is 0 Å². The minimum atomic E-state index is -1.50. The summed E-state index contributed by atoms with van der Waals surface area (Å²) >= 11 is 0. The molecule has 0 fully saturated rings. The standard InChI is InChI=1S/C7H9N3.HNO3/c8-7(9)10-6-4-2-1-3-5-6;2-1(3)4/h1-5H,(H4,8,9,10);(H,2,3,4). The predicted octanol–water partition coefficient (Wildman–Crippen LogP) is 0.244. The number of nitrogens with zero attached hydrogens (tertiary/aromatic N) is 2. The largest absolute Gasteiger partial charge is 0.370 e. The van der Waals surface area contributed by atoms with Crippen LogP contribution in [0.3, 0.4) is 0 Å². The van der Waals surface area contributed by atoms with E-state index in [1.807, 2.05) is 30.3 Å². The van der Waals surface area contributed by atoms with Crippen molar-refractivity contribution in [3.63, 3.8) is 0 Å². The summed E-state index contributed by atoms with van der Waals surface area (Å²) in [5.74, 6) is 0.0891. The number of rotatable bonds is 1. The van der Waals surface area contributed by atoms with E-state index < -0.39 is 5.09 Å². The summed E-state index contributed by atoms with van der Waals surface area (Å²) in [5.41, 5.74) is 11.1. The maximum Gasteiger partial charge on any atom is 0.291 e. The maximum absolute atomic E-state index is 8.36. The molecule has 1 aromatic carbocycles. The minimum absolute atomic E-state index is 0.0891. The Morgan fingerprint density at radius 3 is 2.14 bits per heavy atom. The van der Waals surface area contributed by atoms with Crippen molar-refractivity contribution >= 4 is 11.6 Å². The monoisotopic (exact) mass is 198 g/mol. The van der Waals surface area contributed by atoms with Gasteiger partial charge in [0, 0.05) is 0 Å². The average molecular weight is 198 g/mol. The Morgan fingerprint density at radius 2 is 1.79 bits per heavy atom. The molecule has 7 nitrogen and oxygen atoms in total. The molecule has 0 radical (unpaired) electrons. The zero-order valence-electron chi connectivity index (χ0n) is 7.20. The highest BCUT2D eigenvalue weighted by Crippen LogP contribution is 2.07. The summed E-state index contributed by atoms with van der Waals surface area (Å²) in [7, 11) is 0. The fourth-order valence-corrected chi connectivity index (χ4v) is 0.652. The molecule has 0 amide bonds. The molecule has 14 heavy (non-hydrogen) atoms. The Kier molecular flexibility index (Phi) is 5.20. The molecule has 76 valence electrons. The molecular formula is C7H10N4O3. The molecule has 0 bridgehead atoms. The molecule has 0 aromatic heterocycles. The normalized spacial score (nSPS) is 8.00. The Bertz CT molecular complexity index is 304. The number of nitrogens with two attached hydrogens (primary N) is 2. The fraction of sp³-hybridized carbons (Fsp3) is 0. The van der Waals surface area contributed by atoms with Crippen LogP contribution < -0.4 is 11.5 Å². The second kappa shape index (κ2) is 6.23. The smallest absolute Gasteiger partial charge is 0.291 e. The van der Waals surface area contributed by atoms with Gasteiger partial charge in [0.15, 0.2) is 5.96 Å². The zero-order chi connectivity index (χ0) is 11.0. The van der Waals surface area contributed by atoms with Crippen molar-refractivity contribution in [1.29, 1.82) is 0 Å². The van der Waals surface area contributed by atoms with Crippen molar-refractivity contribution in [2.75, 3.05) is 0 Å². The van der Waals surface area contributed by atoms with Crippen molar-refractivity contribution in [3.8, 4) is 0 Å². The van der Waals surface area contributed by atoms with E-state index >= 15 is 0 Å². The molecule has 0 unspecified atom stereocenters. The summed E-state index contributed by atoms with van der Waals surface area (Å²) in [6, 6.07) is 9.33. The van der Waals surface area contributed by atoms with Crippen LogP contribution in [0.15, 0.2) is 35.3 Å². The second-order valence-corrected chi connectivity index (χ2v) is 2.11. The molecule has 0 aliphatic carbocycles. The highest BCUT2D eigenvalue weighted by atomic mass is 16.9. The molecule has 0 aliphatic heterocycles. The SMILES string of the molecule is NC(N)=Nc1ccccc1.O=[N+]([O-])O. The van der Waals surface area contributed by atoms with Crippen LogP contribution in [-0.4, -0.2) is 16.3 Å². The number of aliphatic imine (C=N–C) groups is 1. The molecule has 0 saturated carbocycles. The van der Waals surface area contributed by atoms with E-state index in [1.54, 1.807) is 0 Å². The van der Waals surface area contributed by atoms with Gasteiger partial charge in [0.1, 0.15) is 0 Å². The van der Waals surface area contributed by atoms with Gasteiger partial charge in [0.2, 0.25) is 0 Å². The Labute approximate surface area is 79.8 Å². The Balaban J connectivity index is 0.000000364. The quantitative estimate of drug-likeness (QED) is 0.258. The third-order valence-electron chi connectivity index (χ3n) is 1.01. The van der Waals surface area contributed by atoms with Gasteiger partial charge in [0.25, 0.3) is 5.09 Å². The predicted molar refractivity (Wildman–Crippen MR) is 50.7 cm³/mol. The van der Waals surface area contributed by atoms with E-state index in [9.17, 15) is 0 Å². The lowest BCUT2D eigenvalue weighted by molar-refractivity contribution is -0.742. The van der Waals surface area contributed by atoms with Crippen LogP contribution in [0, 0.1) is 10.1 Å². The van der Waals surface area contributed by atoms with Gasteiger partial charge in [-0.25, -0.2) is 4.99 Å². The molecular weight excluding hydrogens is 188 g/mol. The number of guanidine groups is 1. The summed E-state index contributed by atoms with van der Waals surface area (Å²) in [5, 5.41) is 13.6. The Morgan fingerprint density at radius 1 is 1.36 bits per heavy atom. The molecule has 0 heterocycles. The van der Waals surface area contributed by atoms with Gasteiger partial charge in [0.05, 0.1) is 5.69 Å². The summed E-state index contributed by atoms with van der Waals surface area (Å²) < 4.78 is 0. The molecule has 7 heteroatoms. The molecule has 5 N–H and O–H groups in total. The van der Waals surface area contributed by atoms with E-state index in [2.05, 4.69) is 4.99 Å². The highest BCUT2D eigenvalue weighted by molar-refractivity contribution is 5.78. The van der Waals surface area contributed by atoms with Crippen molar-refractivity contribution in [2.24, 2.45) is 16.5 Å². The molecule has 1 aromatic rings. The van der Waals surface area contributed by atoms with Gasteiger partial charge in [-0.15, -0.1) is 10.1 Å². The third kappa shape index (κ3) is 7.79. The van der Waals surface area contributed by atoms with Crippen LogP contribution in [0.25, 0.3) is 0 Å². The van der Waals surface area contributed by atoms with Crippen LogP contribution in [-0.2, 0) is 0 Å². The third-order valence-corrected chi connectivity index (χ3v) is 1.01. The Hall–Kier alpha value is -2.31. The first-order valence-electron chi connectivity index (χ1n) is 3.50. The van der Waals surface area contributed by atoms with Crippen LogP contribution in [0.4, 0.5) is 5.69 Å². The van der Waals surface area contributed by atoms with Gasteiger partial charge in [-0.1, -0.05) is 18.2 Å². The van der Waals surface area contributed by atoms with E-state index in [-0.39, 0.29) is 5.96 Å². The molecule has 0 saturated heterocycles. The van der Waals surface area contributed by atoms with Crippen LogP contribution >= 0.6 is 0 Å². The molecule has 0 spiro atoms. The number of hydrogen-bond acceptors (Lipinski definition) is 3. The topological polar surface area (TPSA) is 128 Å². The minimum Gasteiger partial charge on any atom is -0.370 e. The highest BCUT2D eigenvalue weighted by Gasteiger charge is 1.83. The van der Waals surface area contributed by atoms with Crippen molar-refractivity contribution in [1.82, 2.24) is 0 Å². The molecule has 1 rings (SSSR count). The lowest BCUT2D eigenvalue weighted by atomic mass is 10.3. The number of para-hydroxylation sites is 1. The average Bonchev–Trinajstić information content (AvgIpc) is 2.03. The van der Waals surface area contributed by atoms with Crippen LogP contribution in [0.5, 0.6) is 0 Å². The van der Waals surface area contributed by atoms with Gasteiger partial charge in [-0.2, -0.15) is 0 Å². The maximum atomic E-state index is 8.36. The van der Waals surface area contributed by atoms with Gasteiger partial charge < -0.3 is 16.7 Å². The summed E-state index contributed by atoms with van der Waals surface area (Å²) in [6.07, 6.45) is 0. The first-order chi connectivity index (χ1) is 6.52. The van der Waals surface area contributed by atoms with Crippen molar-refractivity contribution in [2.45, 2.75) is 0 Å². The summed E-state index contributed by atoms with van der Waals surface area (Å²) in [6.45, 7) is 0. The zero-order valence-corrected chi connectivity index (χ0v) is 7.20. The lowest BCUT2D eigenvalue weighted by Gasteiger charge is -1.91. The van der Waals surface area contributed by atoms with Crippen LogP contribution in [0.2, 0.25) is 0 Å². The molecule has 0 aliphatic rings. The lowest BCUT2D eigenvalue weighted by Crippen LogP contribution is -2.21. The first-order valence-corrected chi connectivity index (χ1v) is 3.50. The van der Waals surface area contributed by atoms with Gasteiger partial charge in [-0.3, -0.25) is 0 Å². The van der Waals surface area contributed by atoms with Gasteiger partial charge in [-0.05, 0) is 12.1 Å². The van der Waals surface area contributed by atoms with Crippen molar-refractivity contribution in [3.05, 3.63) is 40.4 Å². The first kappa shape index (κ1) is 11.7. The second-order valence-electron chi connectivity index (χ2n) is 2.11. The van der Waals surface area contributed by atoms with Crippen LogP contribution in [0.1, 0.15) is 0 Å². The number of benzene rings is 1. The van der Waals surface area contributed by atoms with Crippen molar-refractivity contribution < 1.29 is 10.3 Å². The summed E-state index contributed by atoms with van der Waals surface area (Å²) in [4.78, 5) is 12.2. The van der Waals surface area contributed by atoms with E-state index in [4.69, 9.17) is 26.8 Å². The van der Waals surface area contributed by atoms with Gasteiger partial charge >= 0.3 is 0 Å². The number of hydrogen-bond donors (Lipinski definition) is 3. The van der Waals surface area contributed by atoms with E-state index in [1.165, 1.54) is 0 Å². The van der Waals surface area contributed by atoms with E-state index in [0.717, 1.165) is 5.69 Å². The molecule has 0 atom stereocenters. The fourth-order valence-electron chi connectivity index (χ4n) is 0.652.